The minimum atomic E-state index is 0.562. The maximum absolute atomic E-state index is 4.88. The van der Waals surface area contributed by atoms with E-state index in [2.05, 4.69) is 15.0 Å². The van der Waals surface area contributed by atoms with E-state index < -0.39 is 0 Å². The molecule has 0 saturated heterocycles. The van der Waals surface area contributed by atoms with Gasteiger partial charge in [-0.3, -0.25) is 0 Å². The zero-order valence-electron chi connectivity index (χ0n) is 4.91. The van der Waals surface area contributed by atoms with Gasteiger partial charge in [-0.1, -0.05) is 12.2 Å². The summed E-state index contributed by atoms with van der Waals surface area (Å²) in [7, 11) is 0. The highest BCUT2D eigenvalue weighted by Gasteiger charge is 1.88. The Morgan fingerprint density at radius 2 is 2.60 bits per heavy atom. The number of aromatic amines is 1. The van der Waals surface area contributed by atoms with Crippen LogP contribution in [0, 0.1) is 4.64 Å². The molecule has 10 heavy (non-hydrogen) atoms. The first-order valence-corrected chi connectivity index (χ1v) is 4.16. The maximum atomic E-state index is 4.88. The molecule has 1 aromatic heterocycles. The van der Waals surface area contributed by atoms with Crippen LogP contribution in [0.25, 0.3) is 0 Å². The fraction of sp³-hybridized carbons (Fsp3) is 0. The number of H-pyrrole nitrogens is 1. The molecular formula is C5H4IN3S. The average molecular weight is 265 g/mol. The van der Waals surface area contributed by atoms with Gasteiger partial charge in [0.25, 0.3) is 0 Å². The van der Waals surface area contributed by atoms with Crippen LogP contribution < -0.4 is 0 Å². The number of halogens is 1. The van der Waals surface area contributed by atoms with Crippen LogP contribution in [0.2, 0.25) is 0 Å². The second-order valence-electron chi connectivity index (χ2n) is 1.47. The lowest BCUT2D eigenvalue weighted by Crippen LogP contribution is -1.77. The van der Waals surface area contributed by atoms with E-state index in [1.54, 1.807) is 16.6 Å². The van der Waals surface area contributed by atoms with Crippen LogP contribution >= 0.6 is 34.8 Å². The summed E-state index contributed by atoms with van der Waals surface area (Å²) in [6.07, 6.45) is 3.29. The van der Waals surface area contributed by atoms with Crippen molar-refractivity contribution in [1.82, 2.24) is 9.97 Å². The number of aliphatic imine (C=N–C) groups is 1. The molecule has 5 heteroatoms. The quantitative estimate of drug-likeness (QED) is 0.480. The summed E-state index contributed by atoms with van der Waals surface area (Å²) in [5.74, 6) is 0.562. The Bertz CT molecular complexity index is 293. The summed E-state index contributed by atoms with van der Waals surface area (Å²) in [6, 6.07) is 0. The van der Waals surface area contributed by atoms with Crippen LogP contribution in [-0.2, 0) is 0 Å². The summed E-state index contributed by atoms with van der Waals surface area (Å²) < 4.78 is 2.19. The third-order valence-corrected chi connectivity index (χ3v) is 1.44. The minimum Gasteiger partial charge on any atom is -0.348 e. The second-order valence-corrected chi connectivity index (χ2v) is 2.43. The van der Waals surface area contributed by atoms with E-state index >= 15 is 0 Å². The fourth-order valence-corrected chi connectivity index (χ4v) is 0.919. The predicted octanol–water partition coefficient (Wildman–Crippen LogP) is 2.23. The lowest BCUT2D eigenvalue weighted by atomic mass is 10.7. The number of nitrogens with zero attached hydrogens (tertiary/aromatic N) is 2. The van der Waals surface area contributed by atoms with Gasteiger partial charge in [-0.2, -0.15) is 0 Å². The number of rotatable bonds is 1. The Morgan fingerprint density at radius 3 is 3.20 bits per heavy atom. The topological polar surface area (TPSA) is 41.0 Å². The van der Waals surface area contributed by atoms with Gasteiger partial charge in [-0.05, 0) is 22.6 Å². The second kappa shape index (κ2) is 3.77. The SMILES string of the molecule is S=c1[nH]ccnc1N=CI. The molecule has 0 aliphatic rings. The molecule has 0 unspecified atom stereocenters. The van der Waals surface area contributed by atoms with Crippen molar-refractivity contribution in [3.63, 3.8) is 0 Å². The van der Waals surface area contributed by atoms with E-state index in [0.29, 0.717) is 10.5 Å². The molecule has 0 spiro atoms. The van der Waals surface area contributed by atoms with Crippen LogP contribution in [-0.4, -0.2) is 14.2 Å². The summed E-state index contributed by atoms with van der Waals surface area (Å²) in [4.78, 5) is 10.7. The molecule has 3 nitrogen and oxygen atoms in total. The van der Waals surface area contributed by atoms with E-state index in [-0.39, 0.29) is 0 Å². The van der Waals surface area contributed by atoms with Crippen molar-refractivity contribution in [2.45, 2.75) is 0 Å². The molecule has 0 saturated carbocycles. The molecule has 0 aliphatic heterocycles. The van der Waals surface area contributed by atoms with Crippen molar-refractivity contribution in [2.75, 3.05) is 0 Å². The van der Waals surface area contributed by atoms with E-state index in [1.165, 1.54) is 0 Å². The van der Waals surface area contributed by atoms with Crippen molar-refractivity contribution in [2.24, 2.45) is 4.99 Å². The van der Waals surface area contributed by atoms with Gasteiger partial charge in [0.05, 0.1) is 4.22 Å². The highest BCUT2D eigenvalue weighted by Crippen LogP contribution is 2.05. The summed E-state index contributed by atoms with van der Waals surface area (Å²) in [6.45, 7) is 0. The molecule has 0 radical (unpaired) electrons. The summed E-state index contributed by atoms with van der Waals surface area (Å²) in [5.41, 5.74) is 0. The van der Waals surface area contributed by atoms with Gasteiger partial charge in [0, 0.05) is 12.4 Å². The smallest absolute Gasteiger partial charge is 0.187 e. The number of aromatic nitrogens is 2. The molecule has 0 aromatic carbocycles. The Kier molecular flexibility index (Phi) is 2.94. The standard InChI is InChI=1S/C5H4IN3S/c6-3-9-4-5(10)8-2-1-7-4/h1-3H,(H,8,10). The minimum absolute atomic E-state index is 0.562. The van der Waals surface area contributed by atoms with Crippen molar-refractivity contribution in [1.29, 1.82) is 0 Å². The highest BCUT2D eigenvalue weighted by molar-refractivity contribution is 14.1. The van der Waals surface area contributed by atoms with Crippen LogP contribution in [0.5, 0.6) is 0 Å². The van der Waals surface area contributed by atoms with Gasteiger partial charge >= 0.3 is 0 Å². The summed E-state index contributed by atoms with van der Waals surface area (Å²) >= 11 is 6.90. The lowest BCUT2D eigenvalue weighted by Gasteiger charge is -1.88. The normalized spacial score (nSPS) is 10.5. The fourth-order valence-electron chi connectivity index (χ4n) is 0.482. The first-order chi connectivity index (χ1) is 4.84. The molecule has 52 valence electrons. The van der Waals surface area contributed by atoms with E-state index in [9.17, 15) is 0 Å². The Hall–Kier alpha value is -0.300. The van der Waals surface area contributed by atoms with Gasteiger partial charge < -0.3 is 4.98 Å². The van der Waals surface area contributed by atoms with Crippen molar-refractivity contribution < 1.29 is 0 Å². The monoisotopic (exact) mass is 265 g/mol. The largest absolute Gasteiger partial charge is 0.348 e. The molecule has 1 heterocycles. The number of nitrogens with one attached hydrogen (secondary N) is 1. The van der Waals surface area contributed by atoms with E-state index in [0.717, 1.165) is 0 Å². The van der Waals surface area contributed by atoms with Crippen LogP contribution in [0.4, 0.5) is 5.82 Å². The van der Waals surface area contributed by atoms with Crippen LogP contribution in [0.1, 0.15) is 0 Å². The molecule has 1 rings (SSSR count). The van der Waals surface area contributed by atoms with Crippen molar-refractivity contribution in [3.8, 4) is 0 Å². The molecule has 1 N–H and O–H groups in total. The van der Waals surface area contributed by atoms with Crippen LogP contribution in [0.15, 0.2) is 17.4 Å². The molecule has 0 bridgehead atoms. The third-order valence-electron chi connectivity index (χ3n) is 0.860. The number of hydrogen-bond donors (Lipinski definition) is 1. The van der Waals surface area contributed by atoms with Gasteiger partial charge in [-0.25, -0.2) is 9.98 Å². The Morgan fingerprint density at radius 1 is 1.80 bits per heavy atom. The average Bonchev–Trinajstić information content (AvgIpc) is 1.94. The lowest BCUT2D eigenvalue weighted by molar-refractivity contribution is 1.16. The first-order valence-electron chi connectivity index (χ1n) is 2.51. The molecule has 0 amide bonds. The van der Waals surface area contributed by atoms with Crippen molar-refractivity contribution in [3.05, 3.63) is 17.0 Å². The first kappa shape index (κ1) is 7.80. The van der Waals surface area contributed by atoms with Gasteiger partial charge in [0.2, 0.25) is 0 Å². The Balaban J connectivity index is 3.16. The third kappa shape index (κ3) is 1.84. The highest BCUT2D eigenvalue weighted by atomic mass is 127. The molecule has 1 aromatic rings. The van der Waals surface area contributed by atoms with Crippen molar-refractivity contribution >= 4 is 44.8 Å². The van der Waals surface area contributed by atoms with E-state index in [1.807, 2.05) is 22.6 Å². The van der Waals surface area contributed by atoms with Gasteiger partial charge in [0.15, 0.2) is 5.82 Å². The molecule has 0 atom stereocenters. The van der Waals surface area contributed by atoms with E-state index in [4.69, 9.17) is 12.2 Å². The maximum Gasteiger partial charge on any atom is 0.187 e. The zero-order valence-corrected chi connectivity index (χ0v) is 7.89. The predicted molar refractivity (Wildman–Crippen MR) is 51.6 cm³/mol. The van der Waals surface area contributed by atoms with Gasteiger partial charge in [-0.15, -0.1) is 0 Å². The van der Waals surface area contributed by atoms with Gasteiger partial charge in [0.1, 0.15) is 4.64 Å². The molecular weight excluding hydrogens is 261 g/mol. The molecule has 0 fully saturated rings. The van der Waals surface area contributed by atoms with Crippen LogP contribution in [0.3, 0.4) is 0 Å². The molecule has 0 aliphatic carbocycles. The Labute approximate surface area is 76.8 Å². The summed E-state index contributed by atoms with van der Waals surface area (Å²) in [5, 5.41) is 0. The number of hydrogen-bond acceptors (Lipinski definition) is 3. The zero-order chi connectivity index (χ0) is 7.40.